The second-order valence-corrected chi connectivity index (χ2v) is 11.5. The van der Waals surface area contributed by atoms with Gasteiger partial charge in [0.2, 0.25) is 5.95 Å². The minimum Gasteiger partial charge on any atom is -0.494 e. The van der Waals surface area contributed by atoms with Gasteiger partial charge in [0.1, 0.15) is 22.3 Å². The summed E-state index contributed by atoms with van der Waals surface area (Å²) in [7, 11) is 3.85. The average molecular weight is 576 g/mol. The van der Waals surface area contributed by atoms with Gasteiger partial charge in [0.05, 0.1) is 24.2 Å². The van der Waals surface area contributed by atoms with E-state index in [0.717, 1.165) is 63.4 Å². The molecule has 0 unspecified atom stereocenters. The molecule has 0 atom stereocenters. The predicted molar refractivity (Wildman–Crippen MR) is 161 cm³/mol. The fourth-order valence-corrected chi connectivity index (χ4v) is 6.30. The van der Waals surface area contributed by atoms with Crippen molar-refractivity contribution in [1.29, 1.82) is 0 Å². The van der Waals surface area contributed by atoms with Crippen LogP contribution < -0.4 is 20.7 Å². The molecule has 0 spiro atoms. The first-order chi connectivity index (χ1) is 20.0. The van der Waals surface area contributed by atoms with Gasteiger partial charge in [-0.1, -0.05) is 11.3 Å². The smallest absolute Gasteiger partial charge is 0.227 e. The summed E-state index contributed by atoms with van der Waals surface area (Å²) < 4.78 is 19.0. The molecule has 4 heterocycles. The van der Waals surface area contributed by atoms with E-state index in [9.17, 15) is 4.39 Å². The number of piperazine rings is 1. The van der Waals surface area contributed by atoms with Crippen molar-refractivity contribution in [3.63, 3.8) is 0 Å². The van der Waals surface area contributed by atoms with Crippen LogP contribution in [0.4, 0.5) is 27.4 Å². The number of nitrogen functional groups attached to an aromatic ring is 1. The Labute approximate surface area is 243 Å². The van der Waals surface area contributed by atoms with Crippen LogP contribution in [-0.4, -0.2) is 89.4 Å². The summed E-state index contributed by atoms with van der Waals surface area (Å²) in [5, 5.41) is 13.1. The molecule has 12 heteroatoms. The number of nitrogens with one attached hydrogen (secondary N) is 1. The molecule has 6 rings (SSSR count). The van der Waals surface area contributed by atoms with E-state index in [2.05, 4.69) is 47.2 Å². The molecule has 3 N–H and O–H groups in total. The summed E-state index contributed by atoms with van der Waals surface area (Å²) in [5.41, 5.74) is 10.3. The highest BCUT2D eigenvalue weighted by Crippen LogP contribution is 2.38. The highest BCUT2D eigenvalue weighted by Gasteiger charge is 2.28. The average Bonchev–Trinajstić information content (AvgIpc) is 3.49. The molecule has 0 amide bonds. The van der Waals surface area contributed by atoms with E-state index in [4.69, 9.17) is 10.5 Å². The van der Waals surface area contributed by atoms with Crippen LogP contribution in [0.5, 0.6) is 5.75 Å². The molecule has 41 heavy (non-hydrogen) atoms. The number of benzene rings is 2. The van der Waals surface area contributed by atoms with E-state index in [-0.39, 0.29) is 5.82 Å². The third-order valence-corrected chi connectivity index (χ3v) is 8.84. The Kier molecular flexibility index (Phi) is 7.95. The van der Waals surface area contributed by atoms with Crippen molar-refractivity contribution in [2.24, 2.45) is 0 Å². The lowest BCUT2D eigenvalue weighted by molar-refractivity contribution is 0.0982. The number of rotatable bonds is 7. The number of methoxy groups -OCH3 is 1. The van der Waals surface area contributed by atoms with Crippen molar-refractivity contribution in [2.75, 3.05) is 69.4 Å². The SMILES string of the molecule is COc1cc(N2CCC(N3CCN(C)CC3)CC2)c(N)cc1Nc1nccc(-c2nnc(-c3ccc(F)cc3)s2)n1. The van der Waals surface area contributed by atoms with Crippen LogP contribution in [0.25, 0.3) is 21.3 Å². The molecule has 0 saturated carbocycles. The zero-order valence-electron chi connectivity index (χ0n) is 23.3. The Bertz CT molecular complexity index is 1480. The van der Waals surface area contributed by atoms with Crippen molar-refractivity contribution in [1.82, 2.24) is 30.0 Å². The third kappa shape index (κ3) is 6.09. The second-order valence-electron chi connectivity index (χ2n) is 10.5. The standard InChI is InChI=1S/C29H34FN9OS/c1-37-13-15-38(16-14-37)21-8-11-39(12-9-21)25-18-26(40-2)24(17-22(25)31)34-29-32-10-7-23(33-29)28-36-35-27(41-28)19-3-5-20(30)6-4-19/h3-7,10,17-18,21H,8-9,11-16,31H2,1-2H3,(H,32,33,34). The molecule has 0 radical (unpaired) electrons. The topological polar surface area (TPSA) is 109 Å². The first-order valence-corrected chi connectivity index (χ1v) is 14.6. The molecule has 2 fully saturated rings. The molecule has 214 valence electrons. The number of hydrogen-bond donors (Lipinski definition) is 2. The number of likely N-dealkylation sites (N-methyl/N-ethyl adjacent to an activating group) is 1. The second kappa shape index (κ2) is 11.9. The maximum absolute atomic E-state index is 13.3. The first-order valence-electron chi connectivity index (χ1n) is 13.8. The molecule has 2 aromatic heterocycles. The van der Waals surface area contributed by atoms with Crippen LogP contribution in [0.3, 0.4) is 0 Å². The van der Waals surface area contributed by atoms with Gasteiger partial charge >= 0.3 is 0 Å². The Balaban J connectivity index is 1.15. The minimum absolute atomic E-state index is 0.292. The van der Waals surface area contributed by atoms with E-state index < -0.39 is 0 Å². The predicted octanol–water partition coefficient (Wildman–Crippen LogP) is 4.35. The van der Waals surface area contributed by atoms with Gasteiger partial charge in [-0.3, -0.25) is 4.90 Å². The molecule has 4 aromatic rings. The first kappa shape index (κ1) is 27.3. The normalized spacial score (nSPS) is 17.1. The van der Waals surface area contributed by atoms with Gasteiger partial charge in [-0.2, -0.15) is 0 Å². The van der Waals surface area contributed by atoms with Gasteiger partial charge in [-0.05, 0) is 56.3 Å². The van der Waals surface area contributed by atoms with Crippen LogP contribution >= 0.6 is 11.3 Å². The van der Waals surface area contributed by atoms with E-state index in [1.54, 1.807) is 31.5 Å². The summed E-state index contributed by atoms with van der Waals surface area (Å²) in [6, 6.07) is 12.5. The number of nitrogens with two attached hydrogens (primary N) is 1. The van der Waals surface area contributed by atoms with E-state index in [1.807, 2.05) is 12.1 Å². The summed E-state index contributed by atoms with van der Waals surface area (Å²) in [6.07, 6.45) is 3.92. The Morgan fingerprint density at radius 2 is 1.71 bits per heavy atom. The maximum Gasteiger partial charge on any atom is 0.227 e. The van der Waals surface area contributed by atoms with Crippen molar-refractivity contribution >= 4 is 34.3 Å². The molecular weight excluding hydrogens is 541 g/mol. The van der Waals surface area contributed by atoms with Crippen LogP contribution in [0, 0.1) is 5.82 Å². The van der Waals surface area contributed by atoms with Gasteiger partial charge in [-0.15, -0.1) is 10.2 Å². The summed E-state index contributed by atoms with van der Waals surface area (Å²) in [4.78, 5) is 16.4. The van der Waals surface area contributed by atoms with Gasteiger partial charge in [0, 0.05) is 63.1 Å². The lowest BCUT2D eigenvalue weighted by Crippen LogP contribution is -2.52. The monoisotopic (exact) mass is 575 g/mol. The fraction of sp³-hybridized carbons (Fsp3) is 0.379. The number of anilines is 4. The van der Waals surface area contributed by atoms with Gasteiger partial charge in [0.25, 0.3) is 0 Å². The van der Waals surface area contributed by atoms with Crippen molar-refractivity contribution in [3.8, 4) is 27.0 Å². The number of ether oxygens (including phenoxy) is 1. The van der Waals surface area contributed by atoms with Gasteiger partial charge in [-0.25, -0.2) is 14.4 Å². The lowest BCUT2D eigenvalue weighted by atomic mass is 10.0. The minimum atomic E-state index is -0.292. The maximum atomic E-state index is 13.3. The lowest BCUT2D eigenvalue weighted by Gasteiger charge is -2.42. The molecule has 10 nitrogen and oxygen atoms in total. The zero-order chi connectivity index (χ0) is 28.3. The van der Waals surface area contributed by atoms with Crippen LogP contribution in [0.1, 0.15) is 12.8 Å². The zero-order valence-corrected chi connectivity index (χ0v) is 24.1. The highest BCUT2D eigenvalue weighted by molar-refractivity contribution is 7.17. The number of piperidine rings is 1. The van der Waals surface area contributed by atoms with Gasteiger partial charge < -0.3 is 25.6 Å². The van der Waals surface area contributed by atoms with E-state index in [0.29, 0.717) is 44.8 Å². The van der Waals surface area contributed by atoms with Crippen LogP contribution in [0.2, 0.25) is 0 Å². The molecule has 2 saturated heterocycles. The number of halogens is 1. The van der Waals surface area contributed by atoms with Crippen LogP contribution in [0.15, 0.2) is 48.7 Å². The molecule has 0 aliphatic carbocycles. The third-order valence-electron chi connectivity index (χ3n) is 7.85. The number of hydrogen-bond acceptors (Lipinski definition) is 11. The molecular formula is C29H34FN9OS. The Morgan fingerprint density at radius 3 is 2.44 bits per heavy atom. The summed E-state index contributed by atoms with van der Waals surface area (Å²) in [5.74, 6) is 0.762. The highest BCUT2D eigenvalue weighted by atomic mass is 32.1. The van der Waals surface area contributed by atoms with Crippen molar-refractivity contribution in [3.05, 3.63) is 54.5 Å². The van der Waals surface area contributed by atoms with E-state index in [1.165, 1.54) is 23.5 Å². The fourth-order valence-electron chi connectivity index (χ4n) is 5.48. The van der Waals surface area contributed by atoms with Crippen molar-refractivity contribution < 1.29 is 9.13 Å². The molecule has 2 aliphatic rings. The van der Waals surface area contributed by atoms with E-state index >= 15 is 0 Å². The molecule has 0 bridgehead atoms. The Hall–Kier alpha value is -3.87. The summed E-state index contributed by atoms with van der Waals surface area (Å²) in [6.45, 7) is 6.50. The number of nitrogens with zero attached hydrogens (tertiary/aromatic N) is 7. The molecule has 2 aromatic carbocycles. The largest absolute Gasteiger partial charge is 0.494 e. The van der Waals surface area contributed by atoms with Crippen molar-refractivity contribution in [2.45, 2.75) is 18.9 Å². The number of aromatic nitrogens is 4. The van der Waals surface area contributed by atoms with Crippen LogP contribution in [-0.2, 0) is 0 Å². The Morgan fingerprint density at radius 1 is 0.976 bits per heavy atom. The van der Waals surface area contributed by atoms with Gasteiger partial charge in [0.15, 0.2) is 5.01 Å². The summed E-state index contributed by atoms with van der Waals surface area (Å²) >= 11 is 1.38. The molecule has 2 aliphatic heterocycles. The quantitative estimate of drug-likeness (QED) is 0.309.